The Morgan fingerprint density at radius 2 is 2.37 bits per heavy atom. The second-order valence-corrected chi connectivity index (χ2v) is 8.66. The van der Waals surface area contributed by atoms with Gasteiger partial charge in [-0.2, -0.15) is 9.50 Å². The summed E-state index contributed by atoms with van der Waals surface area (Å²) in [5.41, 5.74) is 0.800. The van der Waals surface area contributed by atoms with Gasteiger partial charge in [0.25, 0.3) is 5.78 Å². The quantitative estimate of drug-likeness (QED) is 0.554. The van der Waals surface area contributed by atoms with Crippen LogP contribution >= 0.6 is 23.1 Å². The molecule has 0 aliphatic carbocycles. The van der Waals surface area contributed by atoms with E-state index in [9.17, 15) is 4.79 Å². The number of hydrogen-bond donors (Lipinski definition) is 1. The molecule has 1 saturated heterocycles. The zero-order valence-corrected chi connectivity index (χ0v) is 18.5. The van der Waals surface area contributed by atoms with E-state index >= 15 is 0 Å². The molecule has 3 aromatic heterocycles. The first-order valence-electron chi connectivity index (χ1n) is 9.70. The van der Waals surface area contributed by atoms with Crippen LogP contribution < -0.4 is 10.1 Å². The van der Waals surface area contributed by atoms with Crippen LogP contribution in [0.1, 0.15) is 10.6 Å². The third kappa shape index (κ3) is 5.02. The fourth-order valence-corrected chi connectivity index (χ4v) is 4.21. The van der Waals surface area contributed by atoms with E-state index in [-0.39, 0.29) is 12.1 Å². The number of thiophene rings is 1. The van der Waals surface area contributed by atoms with E-state index in [0.717, 1.165) is 12.1 Å². The molecular formula is C19H24N6O3S2. The first-order chi connectivity index (χ1) is 14.6. The number of rotatable bonds is 7. The lowest BCUT2D eigenvalue weighted by Crippen LogP contribution is -2.51. The van der Waals surface area contributed by atoms with Crippen molar-refractivity contribution >= 4 is 34.9 Å². The Balaban J connectivity index is 1.31. The van der Waals surface area contributed by atoms with Crippen molar-refractivity contribution in [1.29, 1.82) is 0 Å². The molecule has 0 saturated carbocycles. The highest BCUT2D eigenvalue weighted by atomic mass is 32.2. The fourth-order valence-electron chi connectivity index (χ4n) is 3.17. The van der Waals surface area contributed by atoms with Crippen LogP contribution in [0, 0.1) is 6.92 Å². The molecule has 1 atom stereocenters. The van der Waals surface area contributed by atoms with Gasteiger partial charge in [0.15, 0.2) is 0 Å². The number of carbonyl (C=O) groups is 1. The summed E-state index contributed by atoms with van der Waals surface area (Å²) in [5, 5.41) is 10.1. The van der Waals surface area contributed by atoms with Gasteiger partial charge in [-0.15, -0.1) is 16.4 Å². The molecule has 9 nitrogen and oxygen atoms in total. The number of fused-ring (bicyclic) bond motifs is 1. The lowest BCUT2D eigenvalue weighted by molar-refractivity contribution is -0.0361. The molecule has 0 aromatic carbocycles. The Kier molecular flexibility index (Phi) is 6.70. The Labute approximate surface area is 182 Å². The van der Waals surface area contributed by atoms with Crippen molar-refractivity contribution in [1.82, 2.24) is 29.8 Å². The molecule has 0 bridgehead atoms. The summed E-state index contributed by atoms with van der Waals surface area (Å²) in [5.74, 6) is 1.07. The number of aryl methyl sites for hydroxylation is 1. The lowest BCUT2D eigenvalue weighted by atomic mass is 10.3. The SMILES string of the molecule is CSc1nc2nc(C)cc(OCC3CN(C(=O)NCCc4cccs4)CCO3)n2n1. The molecule has 2 amide bonds. The van der Waals surface area contributed by atoms with Crippen molar-refractivity contribution in [2.45, 2.75) is 24.6 Å². The molecule has 1 aliphatic rings. The highest BCUT2D eigenvalue weighted by molar-refractivity contribution is 7.98. The molecular weight excluding hydrogens is 424 g/mol. The minimum Gasteiger partial charge on any atom is -0.475 e. The first-order valence-corrected chi connectivity index (χ1v) is 11.8. The summed E-state index contributed by atoms with van der Waals surface area (Å²) in [6, 6.07) is 5.86. The average Bonchev–Trinajstić information content (AvgIpc) is 3.41. The standard InChI is InChI=1S/C19H24N6O3S2/c1-13-10-16(25-17(21-13)22-18(23-25)29-2)28-12-14-11-24(7-8-27-14)19(26)20-6-5-15-4-3-9-30-15/h3-4,9-10,14H,5-8,11-12H2,1-2H3,(H,20,26). The normalized spacial score (nSPS) is 16.7. The van der Waals surface area contributed by atoms with Crippen LogP contribution in [0.4, 0.5) is 4.79 Å². The largest absolute Gasteiger partial charge is 0.475 e. The van der Waals surface area contributed by atoms with E-state index in [1.165, 1.54) is 16.6 Å². The number of morpholine rings is 1. The van der Waals surface area contributed by atoms with E-state index in [1.54, 1.807) is 20.8 Å². The minimum absolute atomic E-state index is 0.0668. The van der Waals surface area contributed by atoms with Gasteiger partial charge in [0.05, 0.1) is 13.2 Å². The third-order valence-corrected chi connectivity index (χ3v) is 6.12. The summed E-state index contributed by atoms with van der Waals surface area (Å²) in [6.07, 6.45) is 2.54. The molecule has 4 heterocycles. The number of amides is 2. The lowest BCUT2D eigenvalue weighted by Gasteiger charge is -2.32. The van der Waals surface area contributed by atoms with Crippen LogP contribution in [-0.2, 0) is 11.2 Å². The smallest absolute Gasteiger partial charge is 0.317 e. The molecule has 1 aliphatic heterocycles. The van der Waals surface area contributed by atoms with Crippen LogP contribution in [0.15, 0.2) is 28.7 Å². The van der Waals surface area contributed by atoms with Gasteiger partial charge in [0, 0.05) is 29.7 Å². The average molecular weight is 449 g/mol. The van der Waals surface area contributed by atoms with E-state index in [2.05, 4.69) is 26.4 Å². The van der Waals surface area contributed by atoms with E-state index in [1.807, 2.05) is 30.7 Å². The van der Waals surface area contributed by atoms with Crippen LogP contribution in [0.3, 0.4) is 0 Å². The van der Waals surface area contributed by atoms with Crippen molar-refractivity contribution in [3.63, 3.8) is 0 Å². The molecule has 160 valence electrons. The Morgan fingerprint density at radius 3 is 3.17 bits per heavy atom. The topological polar surface area (TPSA) is 93.9 Å². The zero-order chi connectivity index (χ0) is 20.9. The summed E-state index contributed by atoms with van der Waals surface area (Å²) in [4.78, 5) is 24.3. The molecule has 0 radical (unpaired) electrons. The molecule has 30 heavy (non-hydrogen) atoms. The number of carbonyl (C=O) groups excluding carboxylic acids is 1. The number of nitrogens with zero attached hydrogens (tertiary/aromatic N) is 5. The van der Waals surface area contributed by atoms with Gasteiger partial charge in [-0.05, 0) is 31.0 Å². The molecule has 1 unspecified atom stereocenters. The second kappa shape index (κ2) is 9.63. The maximum atomic E-state index is 12.5. The van der Waals surface area contributed by atoms with Gasteiger partial charge in [-0.3, -0.25) is 0 Å². The zero-order valence-electron chi connectivity index (χ0n) is 16.9. The van der Waals surface area contributed by atoms with Gasteiger partial charge in [0.1, 0.15) is 12.7 Å². The van der Waals surface area contributed by atoms with E-state index in [0.29, 0.717) is 49.7 Å². The highest BCUT2D eigenvalue weighted by Crippen LogP contribution is 2.18. The molecule has 4 rings (SSSR count). The number of hydrogen-bond acceptors (Lipinski definition) is 8. The Hall–Kier alpha value is -2.37. The summed E-state index contributed by atoms with van der Waals surface area (Å²) >= 11 is 3.15. The van der Waals surface area contributed by atoms with E-state index < -0.39 is 0 Å². The summed E-state index contributed by atoms with van der Waals surface area (Å²) in [7, 11) is 0. The maximum absolute atomic E-state index is 12.5. The third-order valence-electron chi connectivity index (χ3n) is 4.64. The van der Waals surface area contributed by atoms with Crippen LogP contribution in [-0.4, -0.2) is 75.7 Å². The predicted octanol–water partition coefficient (Wildman–Crippen LogP) is 2.25. The Bertz CT molecular complexity index is 994. The molecule has 3 aromatic rings. The highest BCUT2D eigenvalue weighted by Gasteiger charge is 2.25. The number of nitrogens with one attached hydrogen (secondary N) is 1. The van der Waals surface area contributed by atoms with Crippen molar-refractivity contribution in [3.8, 4) is 5.88 Å². The summed E-state index contributed by atoms with van der Waals surface area (Å²) < 4.78 is 13.4. The Morgan fingerprint density at radius 1 is 1.47 bits per heavy atom. The number of ether oxygens (including phenoxy) is 2. The number of thioether (sulfide) groups is 1. The van der Waals surface area contributed by atoms with Crippen LogP contribution in [0.5, 0.6) is 5.88 Å². The number of aromatic nitrogens is 4. The van der Waals surface area contributed by atoms with Gasteiger partial charge >= 0.3 is 6.03 Å². The van der Waals surface area contributed by atoms with E-state index in [4.69, 9.17) is 9.47 Å². The summed E-state index contributed by atoms with van der Waals surface area (Å²) in [6.45, 7) is 4.35. The van der Waals surface area contributed by atoms with Crippen molar-refractivity contribution in [2.75, 3.05) is 39.1 Å². The van der Waals surface area contributed by atoms with Gasteiger partial charge < -0.3 is 19.7 Å². The van der Waals surface area contributed by atoms with Gasteiger partial charge in [-0.1, -0.05) is 17.8 Å². The fraction of sp³-hybridized carbons (Fsp3) is 0.474. The van der Waals surface area contributed by atoms with Crippen LogP contribution in [0.25, 0.3) is 5.78 Å². The van der Waals surface area contributed by atoms with Crippen LogP contribution in [0.2, 0.25) is 0 Å². The predicted molar refractivity (Wildman–Crippen MR) is 116 cm³/mol. The molecule has 1 fully saturated rings. The second-order valence-electron chi connectivity index (χ2n) is 6.86. The van der Waals surface area contributed by atoms with Gasteiger partial charge in [0.2, 0.25) is 11.0 Å². The van der Waals surface area contributed by atoms with Crippen molar-refractivity contribution < 1.29 is 14.3 Å². The minimum atomic E-state index is -0.214. The molecule has 1 N–H and O–H groups in total. The maximum Gasteiger partial charge on any atom is 0.317 e. The first kappa shape index (κ1) is 20.9. The molecule has 11 heteroatoms. The molecule has 0 spiro atoms. The number of urea groups is 1. The van der Waals surface area contributed by atoms with Crippen molar-refractivity contribution in [3.05, 3.63) is 34.2 Å². The monoisotopic (exact) mass is 448 g/mol. The van der Waals surface area contributed by atoms with Gasteiger partial charge in [-0.25, -0.2) is 9.78 Å². The van der Waals surface area contributed by atoms with Crippen molar-refractivity contribution in [2.24, 2.45) is 0 Å².